The number of benzene rings is 3. The molecule has 6 rings (SSSR count). The van der Waals surface area contributed by atoms with Crippen molar-refractivity contribution in [1.29, 1.82) is 0 Å². The van der Waals surface area contributed by atoms with Crippen LogP contribution in [0, 0.1) is 66.6 Å². The molecule has 262 valence electrons. The second-order valence-corrected chi connectivity index (χ2v) is 14.3. The van der Waals surface area contributed by atoms with E-state index >= 15 is 0 Å². The molecular weight excluding hydrogens is 872 g/mol. The predicted molar refractivity (Wildman–Crippen MR) is 202 cm³/mol. The normalized spacial score (nSPS) is 9.94. The molecule has 0 saturated carbocycles. The maximum atomic E-state index is 4.07. The first-order valence-electron chi connectivity index (χ1n) is 15.3. The van der Waals surface area contributed by atoms with Crippen molar-refractivity contribution in [2.75, 3.05) is 0 Å². The van der Waals surface area contributed by atoms with Crippen LogP contribution in [-0.4, -0.2) is 18.7 Å². The van der Waals surface area contributed by atoms with Gasteiger partial charge in [-0.15, -0.1) is 0 Å². The van der Waals surface area contributed by atoms with Crippen LogP contribution in [0.2, 0.25) is 0 Å². The lowest BCUT2D eigenvalue weighted by molar-refractivity contribution is -0.912. The van der Waals surface area contributed by atoms with E-state index < -0.39 is 0 Å². The van der Waals surface area contributed by atoms with Gasteiger partial charge >= 0.3 is 0 Å². The SMILES string of the molecule is Br[CH+]Br.C.Cc1cc(C)c(-n2cc[n+](C[n+]3ccn(-c4c(C)cc(C)cc4C)c3)c2)c(C)c1.Cc1cc(C)c(-n2ccnc2)c(C)c1.[Br-].[Br-]. The molecule has 0 aliphatic rings. The van der Waals surface area contributed by atoms with E-state index in [1.807, 2.05) is 12.5 Å². The smallest absolute Gasteiger partial charge is 0.252 e. The van der Waals surface area contributed by atoms with Crippen molar-refractivity contribution in [3.05, 3.63) is 147 Å². The lowest BCUT2D eigenvalue weighted by Crippen LogP contribution is -3.00. The summed E-state index contributed by atoms with van der Waals surface area (Å²) in [7, 11) is 0. The van der Waals surface area contributed by atoms with Gasteiger partial charge in [-0.2, -0.15) is 9.13 Å². The molecule has 0 aliphatic heterocycles. The van der Waals surface area contributed by atoms with Gasteiger partial charge in [-0.1, -0.05) is 60.5 Å². The summed E-state index contributed by atoms with van der Waals surface area (Å²) < 4.78 is 12.5. The van der Waals surface area contributed by atoms with E-state index in [-0.39, 0.29) is 41.4 Å². The lowest BCUT2D eigenvalue weighted by atomic mass is 10.1. The number of imidazole rings is 3. The minimum absolute atomic E-state index is 0. The molecule has 0 bridgehead atoms. The molecule has 0 N–H and O–H groups in total. The maximum Gasteiger partial charge on any atom is 0.252 e. The minimum Gasteiger partial charge on any atom is -1.00 e. The molecule has 6 aromatic rings. The highest BCUT2D eigenvalue weighted by Gasteiger charge is 2.16. The fourth-order valence-corrected chi connectivity index (χ4v) is 6.54. The van der Waals surface area contributed by atoms with Gasteiger partial charge in [0, 0.05) is 12.4 Å². The van der Waals surface area contributed by atoms with Crippen LogP contribution in [0.1, 0.15) is 57.5 Å². The molecule has 0 atom stereocenters. The van der Waals surface area contributed by atoms with Crippen LogP contribution < -0.4 is 43.1 Å². The minimum atomic E-state index is 0. The molecule has 0 amide bonds. The summed E-state index contributed by atoms with van der Waals surface area (Å²) in [6.07, 6.45) is 18.5. The van der Waals surface area contributed by atoms with E-state index in [0.29, 0.717) is 0 Å². The number of halogens is 4. The topological polar surface area (TPSA) is 35.4 Å². The van der Waals surface area contributed by atoms with E-state index in [1.165, 1.54) is 67.1 Å². The Morgan fingerprint density at radius 2 is 0.857 bits per heavy atom. The number of rotatable bonds is 5. The molecule has 3 aromatic heterocycles. The van der Waals surface area contributed by atoms with Crippen LogP contribution in [0.25, 0.3) is 17.1 Å². The van der Waals surface area contributed by atoms with Crippen LogP contribution in [0.3, 0.4) is 0 Å². The largest absolute Gasteiger partial charge is 1.00 e. The third kappa shape index (κ3) is 11.3. The van der Waals surface area contributed by atoms with Gasteiger partial charge in [-0.3, -0.25) is 0 Å². The summed E-state index contributed by atoms with van der Waals surface area (Å²) in [6.45, 7) is 20.2. The third-order valence-electron chi connectivity index (χ3n) is 7.89. The number of aromatic nitrogens is 6. The Morgan fingerprint density at radius 3 is 1.14 bits per heavy atom. The average Bonchev–Trinajstić information content (AvgIpc) is 3.72. The Labute approximate surface area is 331 Å². The zero-order chi connectivity index (χ0) is 33.5. The Kier molecular flexibility index (Phi) is 18.1. The fraction of sp³-hybridized carbons (Fsp3) is 0.282. The van der Waals surface area contributed by atoms with Gasteiger partial charge in [0.15, 0.2) is 0 Å². The molecule has 0 saturated heterocycles. The van der Waals surface area contributed by atoms with Crippen molar-refractivity contribution in [2.45, 2.75) is 76.4 Å². The van der Waals surface area contributed by atoms with E-state index in [9.17, 15) is 0 Å². The van der Waals surface area contributed by atoms with Crippen molar-refractivity contribution in [2.24, 2.45) is 0 Å². The van der Waals surface area contributed by atoms with Gasteiger partial charge in [0.05, 0.1) is 12.0 Å². The summed E-state index contributed by atoms with van der Waals surface area (Å²) in [5.74, 6) is 0. The van der Waals surface area contributed by atoms with Crippen LogP contribution in [-0.2, 0) is 6.67 Å². The number of hydrogen-bond acceptors (Lipinski definition) is 1. The second-order valence-electron chi connectivity index (χ2n) is 12.1. The van der Waals surface area contributed by atoms with Crippen LogP contribution >= 0.6 is 31.9 Å². The summed E-state index contributed by atoms with van der Waals surface area (Å²) in [4.78, 5) is 4.07. The van der Waals surface area contributed by atoms with Crippen LogP contribution in [0.5, 0.6) is 0 Å². The Hall–Kier alpha value is -2.92. The molecule has 3 heterocycles. The Balaban J connectivity index is 0.000000508. The first kappa shape index (κ1) is 44.1. The fourth-order valence-electron chi connectivity index (χ4n) is 6.54. The maximum absolute atomic E-state index is 4.07. The third-order valence-corrected chi connectivity index (χ3v) is 7.89. The molecule has 49 heavy (non-hydrogen) atoms. The molecule has 0 aliphatic carbocycles. The highest BCUT2D eigenvalue weighted by Crippen LogP contribution is 2.22. The van der Waals surface area contributed by atoms with Crippen molar-refractivity contribution in [3.8, 4) is 17.1 Å². The number of nitrogens with zero attached hydrogens (tertiary/aromatic N) is 6. The lowest BCUT2D eigenvalue weighted by Gasteiger charge is -2.11. The molecule has 0 fully saturated rings. The summed E-state index contributed by atoms with van der Waals surface area (Å²) in [6, 6.07) is 13.4. The van der Waals surface area contributed by atoms with Crippen molar-refractivity contribution >= 4 is 31.9 Å². The van der Waals surface area contributed by atoms with Crippen molar-refractivity contribution in [3.63, 3.8) is 0 Å². The predicted octanol–water partition coefficient (Wildman–Crippen LogP) is 3.54. The standard InChI is InChI=1S/C25H30N4.C12H14N2.CHBr2.CH4.2BrH/c1-18-11-20(3)24(21(4)12-18)28-9-7-26(16-28)15-27-8-10-29(17-27)25-22(5)13-19(2)14-23(25)6;1-9-6-10(2)12(11(3)7-9)14-5-4-13-8-14;2-1-3;;;/h7-14,16-17H,15H2,1-6H3;4-8H,1-3H3;1H;1H4;2*1H/q+2;;+1;;;/p-2. The monoisotopic (exact) mass is 917 g/mol. The van der Waals surface area contributed by atoms with E-state index in [2.05, 4.69) is 196 Å². The van der Waals surface area contributed by atoms with E-state index in [1.54, 1.807) is 10.4 Å². The number of hydrogen-bond donors (Lipinski definition) is 0. The molecule has 6 nitrogen and oxygen atoms in total. The molecule has 10 heteroatoms. The second kappa shape index (κ2) is 20.1. The van der Waals surface area contributed by atoms with Crippen LogP contribution in [0.15, 0.2) is 92.6 Å². The zero-order valence-electron chi connectivity index (χ0n) is 29.1. The van der Waals surface area contributed by atoms with Crippen molar-refractivity contribution < 1.29 is 43.1 Å². The van der Waals surface area contributed by atoms with Gasteiger partial charge in [-0.25, -0.2) is 14.1 Å². The van der Waals surface area contributed by atoms with Gasteiger partial charge in [0.1, 0.15) is 36.2 Å². The molecule has 0 spiro atoms. The average molecular weight is 921 g/mol. The molecule has 0 radical (unpaired) electrons. The summed E-state index contributed by atoms with van der Waals surface area (Å²) in [5.41, 5.74) is 15.5. The van der Waals surface area contributed by atoms with E-state index in [4.69, 9.17) is 0 Å². The first-order valence-corrected chi connectivity index (χ1v) is 17.1. The molecular formula is C39H49Br4N6+. The highest BCUT2D eigenvalue weighted by atomic mass is 79.9. The van der Waals surface area contributed by atoms with Gasteiger partial charge in [0.2, 0.25) is 42.8 Å². The number of aryl methyl sites for hydroxylation is 9. The van der Waals surface area contributed by atoms with Gasteiger partial charge < -0.3 is 38.5 Å². The van der Waals surface area contributed by atoms with Gasteiger partial charge in [-0.05, 0) is 95.7 Å². The zero-order valence-corrected chi connectivity index (χ0v) is 35.5. The molecule has 0 unspecified atom stereocenters. The quantitative estimate of drug-likeness (QED) is 0.193. The van der Waals surface area contributed by atoms with Gasteiger partial charge in [0.25, 0.3) is 12.7 Å². The van der Waals surface area contributed by atoms with Crippen LogP contribution in [0.4, 0.5) is 0 Å². The van der Waals surface area contributed by atoms with E-state index in [0.717, 1.165) is 6.67 Å². The van der Waals surface area contributed by atoms with Crippen molar-refractivity contribution in [1.82, 2.24) is 18.7 Å². The first-order chi connectivity index (χ1) is 21.9. The highest BCUT2D eigenvalue weighted by molar-refractivity contribution is 9.26. The molecule has 3 aromatic carbocycles. The Bertz CT molecular complexity index is 1760. The summed E-state index contributed by atoms with van der Waals surface area (Å²) in [5, 5.41) is 0. The summed E-state index contributed by atoms with van der Waals surface area (Å²) >= 11 is 5.88. The Morgan fingerprint density at radius 1 is 0.551 bits per heavy atom.